The van der Waals surface area contributed by atoms with E-state index in [1.807, 2.05) is 0 Å². The summed E-state index contributed by atoms with van der Waals surface area (Å²) in [4.78, 5) is 36.4. The summed E-state index contributed by atoms with van der Waals surface area (Å²) in [6.07, 6.45) is -2.11. The van der Waals surface area contributed by atoms with E-state index in [1.165, 1.54) is 13.0 Å². The summed E-state index contributed by atoms with van der Waals surface area (Å²) in [5.74, 6) is 0. The van der Waals surface area contributed by atoms with Gasteiger partial charge in [-0.25, -0.2) is 15.0 Å². The van der Waals surface area contributed by atoms with Gasteiger partial charge in [-0.1, -0.05) is 23.7 Å². The summed E-state index contributed by atoms with van der Waals surface area (Å²) >= 11 is 5.99. The Labute approximate surface area is 152 Å². The van der Waals surface area contributed by atoms with Crippen LogP contribution >= 0.6 is 11.6 Å². The third kappa shape index (κ3) is 5.63. The Morgan fingerprint density at radius 3 is 2.28 bits per heavy atom. The second-order valence-corrected chi connectivity index (χ2v) is 6.55. The molecule has 2 amide bonds. The number of hydrogen-bond donors (Lipinski definition) is 1. The van der Waals surface area contributed by atoms with Crippen molar-refractivity contribution in [3.8, 4) is 0 Å². The standard InChI is InChI=1S/C17H23ClN2O5/c1-11(2)24-15(22)19-20(16(23)25-12(3)4)17(5,10-21)13-7-6-8-14(18)9-13/h6-12H,1-5H3,(H,19,22). The summed E-state index contributed by atoms with van der Waals surface area (Å²) in [5.41, 5.74) is 1.14. The number of nitrogens with zero attached hydrogens (tertiary/aromatic N) is 1. The van der Waals surface area contributed by atoms with Gasteiger partial charge in [0, 0.05) is 5.02 Å². The van der Waals surface area contributed by atoms with E-state index >= 15 is 0 Å². The van der Waals surface area contributed by atoms with Crippen LogP contribution in [-0.2, 0) is 19.8 Å². The van der Waals surface area contributed by atoms with Gasteiger partial charge in [0.25, 0.3) is 0 Å². The minimum Gasteiger partial charge on any atom is -0.446 e. The number of nitrogens with one attached hydrogen (secondary N) is 1. The van der Waals surface area contributed by atoms with Crippen molar-refractivity contribution in [3.05, 3.63) is 34.9 Å². The average molecular weight is 371 g/mol. The Kier molecular flexibility index (Phi) is 7.23. The number of carbonyl (C=O) groups is 3. The first kappa shape index (κ1) is 20.8. The maximum Gasteiger partial charge on any atom is 0.430 e. The van der Waals surface area contributed by atoms with Gasteiger partial charge in [-0.05, 0) is 52.3 Å². The van der Waals surface area contributed by atoms with Crippen LogP contribution in [0.3, 0.4) is 0 Å². The molecule has 138 valence electrons. The predicted octanol–water partition coefficient (Wildman–Crippen LogP) is 3.65. The van der Waals surface area contributed by atoms with Crippen LogP contribution in [0.15, 0.2) is 24.3 Å². The quantitative estimate of drug-likeness (QED) is 0.631. The van der Waals surface area contributed by atoms with Gasteiger partial charge < -0.3 is 14.3 Å². The summed E-state index contributed by atoms with van der Waals surface area (Å²) < 4.78 is 10.1. The van der Waals surface area contributed by atoms with Crippen molar-refractivity contribution >= 4 is 30.1 Å². The van der Waals surface area contributed by atoms with E-state index in [0.717, 1.165) is 5.01 Å². The topological polar surface area (TPSA) is 84.9 Å². The molecule has 8 heteroatoms. The molecule has 25 heavy (non-hydrogen) atoms. The van der Waals surface area contributed by atoms with Gasteiger partial charge in [0.15, 0.2) is 6.29 Å². The van der Waals surface area contributed by atoms with Gasteiger partial charge in [-0.2, -0.15) is 5.01 Å². The van der Waals surface area contributed by atoms with Crippen LogP contribution in [0.4, 0.5) is 9.59 Å². The number of carbonyl (C=O) groups excluding carboxylic acids is 3. The minimum absolute atomic E-state index is 0.382. The number of rotatable bonds is 5. The third-order valence-corrected chi connectivity index (χ3v) is 3.40. The zero-order valence-corrected chi connectivity index (χ0v) is 15.7. The molecule has 0 heterocycles. The second-order valence-electron chi connectivity index (χ2n) is 6.11. The number of amides is 2. The molecule has 7 nitrogen and oxygen atoms in total. The van der Waals surface area contributed by atoms with Crippen molar-refractivity contribution in [1.29, 1.82) is 0 Å². The summed E-state index contributed by atoms with van der Waals surface area (Å²) in [5, 5.41) is 1.18. The lowest BCUT2D eigenvalue weighted by molar-refractivity contribution is -0.119. The number of hydrazine groups is 1. The predicted molar refractivity (Wildman–Crippen MR) is 93.1 cm³/mol. The fourth-order valence-corrected chi connectivity index (χ4v) is 2.18. The van der Waals surface area contributed by atoms with Crippen LogP contribution in [0.25, 0.3) is 0 Å². The molecule has 1 atom stereocenters. The highest BCUT2D eigenvalue weighted by Gasteiger charge is 2.40. The van der Waals surface area contributed by atoms with Crippen molar-refractivity contribution in [2.45, 2.75) is 52.4 Å². The number of aldehydes is 1. The van der Waals surface area contributed by atoms with Crippen LogP contribution in [0.5, 0.6) is 0 Å². The van der Waals surface area contributed by atoms with Crippen molar-refractivity contribution in [2.24, 2.45) is 0 Å². The molecule has 0 aliphatic rings. The van der Waals surface area contributed by atoms with Gasteiger partial charge in [0.2, 0.25) is 0 Å². The highest BCUT2D eigenvalue weighted by molar-refractivity contribution is 6.30. The Morgan fingerprint density at radius 2 is 1.80 bits per heavy atom. The van der Waals surface area contributed by atoms with E-state index in [2.05, 4.69) is 5.43 Å². The molecule has 1 aromatic carbocycles. The number of halogens is 1. The molecule has 0 aliphatic heterocycles. The van der Waals surface area contributed by atoms with Gasteiger partial charge in [-0.3, -0.25) is 0 Å². The lowest BCUT2D eigenvalue weighted by Crippen LogP contribution is -2.58. The number of benzene rings is 1. The molecule has 1 N–H and O–H groups in total. The zero-order valence-electron chi connectivity index (χ0n) is 14.9. The first-order valence-corrected chi connectivity index (χ1v) is 8.18. The van der Waals surface area contributed by atoms with Crippen molar-refractivity contribution in [2.75, 3.05) is 0 Å². The first-order valence-electron chi connectivity index (χ1n) is 7.80. The van der Waals surface area contributed by atoms with Gasteiger partial charge >= 0.3 is 12.2 Å². The molecule has 0 aromatic heterocycles. The molecule has 1 unspecified atom stereocenters. The molecule has 0 saturated carbocycles. The largest absolute Gasteiger partial charge is 0.446 e. The highest BCUT2D eigenvalue weighted by atomic mass is 35.5. The van der Waals surface area contributed by atoms with E-state index in [0.29, 0.717) is 16.9 Å². The van der Waals surface area contributed by atoms with Gasteiger partial charge in [0.1, 0.15) is 5.54 Å². The van der Waals surface area contributed by atoms with Crippen molar-refractivity contribution in [3.63, 3.8) is 0 Å². The lowest BCUT2D eigenvalue weighted by atomic mass is 9.93. The monoisotopic (exact) mass is 370 g/mol. The van der Waals surface area contributed by atoms with E-state index in [-0.39, 0.29) is 0 Å². The van der Waals surface area contributed by atoms with Crippen LogP contribution in [0.1, 0.15) is 40.2 Å². The highest BCUT2D eigenvalue weighted by Crippen LogP contribution is 2.28. The fraction of sp³-hybridized carbons (Fsp3) is 0.471. The van der Waals surface area contributed by atoms with Gasteiger partial charge in [0.05, 0.1) is 12.2 Å². The van der Waals surface area contributed by atoms with Crippen molar-refractivity contribution < 1.29 is 23.9 Å². The molecule has 0 bridgehead atoms. The summed E-state index contributed by atoms with van der Waals surface area (Å²) in [6.45, 7) is 8.09. The van der Waals surface area contributed by atoms with E-state index in [9.17, 15) is 14.4 Å². The maximum absolute atomic E-state index is 12.5. The van der Waals surface area contributed by atoms with Crippen LogP contribution < -0.4 is 5.43 Å². The van der Waals surface area contributed by atoms with E-state index in [1.54, 1.807) is 45.9 Å². The molecular weight excluding hydrogens is 348 g/mol. The molecule has 0 fully saturated rings. The lowest BCUT2D eigenvalue weighted by Gasteiger charge is -2.36. The van der Waals surface area contributed by atoms with Crippen molar-refractivity contribution in [1.82, 2.24) is 10.4 Å². The fourth-order valence-electron chi connectivity index (χ4n) is 1.99. The maximum atomic E-state index is 12.5. The summed E-state index contributed by atoms with van der Waals surface area (Å²) in [7, 11) is 0. The minimum atomic E-state index is -1.55. The van der Waals surface area contributed by atoms with E-state index < -0.39 is 29.9 Å². The Balaban J connectivity index is 3.28. The summed E-state index contributed by atoms with van der Waals surface area (Å²) in [6, 6.07) is 6.41. The second kappa shape index (κ2) is 8.71. The molecular formula is C17H23ClN2O5. The molecule has 0 saturated heterocycles. The van der Waals surface area contributed by atoms with E-state index in [4.69, 9.17) is 21.1 Å². The van der Waals surface area contributed by atoms with Crippen LogP contribution in [0.2, 0.25) is 5.02 Å². The molecule has 0 spiro atoms. The molecule has 1 aromatic rings. The van der Waals surface area contributed by atoms with Crippen LogP contribution in [-0.4, -0.2) is 35.7 Å². The van der Waals surface area contributed by atoms with Crippen LogP contribution in [0, 0.1) is 0 Å². The number of ether oxygens (including phenoxy) is 2. The SMILES string of the molecule is CC(C)OC(=O)NN(C(=O)OC(C)C)C(C)(C=O)c1cccc(Cl)c1. The third-order valence-electron chi connectivity index (χ3n) is 3.17. The Bertz CT molecular complexity index is 635. The average Bonchev–Trinajstić information content (AvgIpc) is 2.50. The van der Waals surface area contributed by atoms with Gasteiger partial charge in [-0.15, -0.1) is 0 Å². The molecule has 1 rings (SSSR count). The number of hydrogen-bond acceptors (Lipinski definition) is 5. The molecule has 0 radical (unpaired) electrons. The molecule has 0 aliphatic carbocycles. The zero-order chi connectivity index (χ0) is 19.2. The Morgan fingerprint density at radius 1 is 1.20 bits per heavy atom. The first-order chi connectivity index (χ1) is 11.6. The Hall–Kier alpha value is -2.28. The normalized spacial score (nSPS) is 13.1. The smallest absolute Gasteiger partial charge is 0.430 e.